The molecule has 2 aromatic rings. The molecule has 0 saturated carbocycles. The molecule has 1 N–H and O–H groups in total. The monoisotopic (exact) mass is 414 g/mol. The summed E-state index contributed by atoms with van der Waals surface area (Å²) in [6, 6.07) is 13.4. The van der Waals surface area contributed by atoms with Gasteiger partial charge in [-0.3, -0.25) is 9.59 Å². The summed E-state index contributed by atoms with van der Waals surface area (Å²) in [7, 11) is 3.20. The van der Waals surface area contributed by atoms with Crippen molar-refractivity contribution in [3.63, 3.8) is 0 Å². The number of nitrogens with zero attached hydrogens (tertiary/aromatic N) is 1. The van der Waals surface area contributed by atoms with Gasteiger partial charge in [-0.2, -0.15) is 0 Å². The van der Waals surface area contributed by atoms with Crippen molar-refractivity contribution in [2.45, 2.75) is 39.1 Å². The number of ether oxygens (including phenoxy) is 1. The molecular formula is C23H30N2O3S. The van der Waals surface area contributed by atoms with E-state index in [2.05, 4.69) is 37.4 Å². The standard InChI is InChI=1S/C23H30N2O3S/c1-16-9-17(2)11-20(10-16)14-29-15-22(26)25(18(3)23(27)24-4)13-19-7-6-8-21(12-19)28-5/h6-12,18H,13-15H2,1-5H3,(H,24,27)/t18-/m0/s1. The van der Waals surface area contributed by atoms with Gasteiger partial charge >= 0.3 is 0 Å². The highest BCUT2D eigenvalue weighted by atomic mass is 32.2. The number of thioether (sulfide) groups is 1. The van der Waals surface area contributed by atoms with E-state index in [9.17, 15) is 9.59 Å². The second-order valence-corrected chi connectivity index (χ2v) is 8.14. The molecule has 2 aromatic carbocycles. The summed E-state index contributed by atoms with van der Waals surface area (Å²) >= 11 is 1.57. The minimum atomic E-state index is -0.555. The Morgan fingerprint density at radius 3 is 2.41 bits per heavy atom. The number of likely N-dealkylation sites (N-methyl/N-ethyl adjacent to an activating group) is 1. The van der Waals surface area contributed by atoms with E-state index in [1.807, 2.05) is 24.3 Å². The number of carbonyl (C=O) groups is 2. The largest absolute Gasteiger partial charge is 0.497 e. The first-order chi connectivity index (χ1) is 13.8. The Kier molecular flexibility index (Phi) is 8.58. The normalized spacial score (nSPS) is 11.6. The number of methoxy groups -OCH3 is 1. The lowest BCUT2D eigenvalue weighted by atomic mass is 10.1. The van der Waals surface area contributed by atoms with Gasteiger partial charge < -0.3 is 15.0 Å². The first kappa shape index (κ1) is 22.8. The predicted molar refractivity (Wildman–Crippen MR) is 119 cm³/mol. The van der Waals surface area contributed by atoms with E-state index in [0.29, 0.717) is 12.3 Å². The molecule has 29 heavy (non-hydrogen) atoms. The average molecular weight is 415 g/mol. The maximum absolute atomic E-state index is 13.0. The van der Waals surface area contributed by atoms with Crippen molar-refractivity contribution in [2.24, 2.45) is 0 Å². The molecule has 0 aliphatic rings. The molecule has 5 nitrogen and oxygen atoms in total. The molecule has 6 heteroatoms. The smallest absolute Gasteiger partial charge is 0.242 e. The van der Waals surface area contributed by atoms with Crippen LogP contribution in [0.25, 0.3) is 0 Å². The number of carbonyl (C=O) groups excluding carboxylic acids is 2. The van der Waals surface area contributed by atoms with E-state index in [0.717, 1.165) is 17.1 Å². The van der Waals surface area contributed by atoms with Crippen molar-refractivity contribution in [3.8, 4) is 5.75 Å². The van der Waals surface area contributed by atoms with E-state index in [1.165, 1.54) is 16.7 Å². The average Bonchev–Trinajstić information content (AvgIpc) is 2.70. The number of nitrogens with one attached hydrogen (secondary N) is 1. The highest BCUT2D eigenvalue weighted by molar-refractivity contribution is 7.99. The summed E-state index contributed by atoms with van der Waals surface area (Å²) in [4.78, 5) is 26.8. The van der Waals surface area contributed by atoms with Crippen molar-refractivity contribution in [1.82, 2.24) is 10.2 Å². The summed E-state index contributed by atoms with van der Waals surface area (Å²) in [6.45, 7) is 6.26. The van der Waals surface area contributed by atoms with Gasteiger partial charge in [0.1, 0.15) is 11.8 Å². The third-order valence-corrected chi connectivity index (χ3v) is 5.67. The number of amides is 2. The summed E-state index contributed by atoms with van der Waals surface area (Å²) in [6.07, 6.45) is 0. The van der Waals surface area contributed by atoms with Crippen LogP contribution >= 0.6 is 11.8 Å². The van der Waals surface area contributed by atoms with Gasteiger partial charge in [0.25, 0.3) is 0 Å². The minimum Gasteiger partial charge on any atom is -0.497 e. The Morgan fingerprint density at radius 2 is 1.79 bits per heavy atom. The number of benzene rings is 2. The van der Waals surface area contributed by atoms with Crippen LogP contribution < -0.4 is 10.1 Å². The topological polar surface area (TPSA) is 58.6 Å². The van der Waals surface area contributed by atoms with Crippen molar-refractivity contribution in [1.29, 1.82) is 0 Å². The molecule has 0 radical (unpaired) electrons. The van der Waals surface area contributed by atoms with Gasteiger partial charge in [-0.25, -0.2) is 0 Å². The van der Waals surface area contributed by atoms with Crippen LogP contribution in [0, 0.1) is 13.8 Å². The lowest BCUT2D eigenvalue weighted by Crippen LogP contribution is -2.47. The maximum atomic E-state index is 13.0. The zero-order valence-corrected chi connectivity index (χ0v) is 18.6. The summed E-state index contributed by atoms with van der Waals surface area (Å²) in [5, 5.41) is 2.64. The molecular weight excluding hydrogens is 384 g/mol. The second-order valence-electron chi connectivity index (χ2n) is 7.15. The molecule has 2 rings (SSSR count). The Morgan fingerprint density at radius 1 is 1.10 bits per heavy atom. The molecule has 0 heterocycles. The van der Waals surface area contributed by atoms with Gasteiger partial charge in [0, 0.05) is 19.3 Å². The van der Waals surface area contributed by atoms with Crippen LogP contribution in [0.15, 0.2) is 42.5 Å². The Labute approximate surface area is 177 Å². The summed E-state index contributed by atoms with van der Waals surface area (Å²) in [5.74, 6) is 1.57. The lowest BCUT2D eigenvalue weighted by molar-refractivity contribution is -0.138. The first-order valence-electron chi connectivity index (χ1n) is 9.63. The fourth-order valence-electron chi connectivity index (χ4n) is 3.25. The van der Waals surface area contributed by atoms with Crippen LogP contribution in [0.2, 0.25) is 0 Å². The third kappa shape index (κ3) is 6.82. The van der Waals surface area contributed by atoms with Crippen molar-refractivity contribution >= 4 is 23.6 Å². The van der Waals surface area contributed by atoms with Crippen molar-refractivity contribution in [3.05, 3.63) is 64.7 Å². The summed E-state index contributed by atoms with van der Waals surface area (Å²) < 4.78 is 5.27. The highest BCUT2D eigenvalue weighted by Crippen LogP contribution is 2.19. The Balaban J connectivity index is 2.08. The van der Waals surface area contributed by atoms with Crippen LogP contribution in [0.5, 0.6) is 5.75 Å². The fourth-order valence-corrected chi connectivity index (χ4v) is 4.10. The predicted octanol–water partition coefficient (Wildman–Crippen LogP) is 3.71. The Bertz CT molecular complexity index is 834. The molecule has 1 atom stereocenters. The van der Waals surface area contributed by atoms with Gasteiger partial charge in [0.05, 0.1) is 12.9 Å². The van der Waals surface area contributed by atoms with E-state index in [1.54, 1.807) is 37.7 Å². The number of aryl methyl sites for hydroxylation is 2. The van der Waals surface area contributed by atoms with E-state index in [4.69, 9.17) is 4.74 Å². The summed E-state index contributed by atoms with van der Waals surface area (Å²) in [5.41, 5.74) is 4.58. The lowest BCUT2D eigenvalue weighted by Gasteiger charge is -2.28. The first-order valence-corrected chi connectivity index (χ1v) is 10.8. The third-order valence-electron chi connectivity index (χ3n) is 4.68. The fraction of sp³-hybridized carbons (Fsp3) is 0.391. The number of hydrogen-bond donors (Lipinski definition) is 1. The maximum Gasteiger partial charge on any atom is 0.242 e. The molecule has 0 saturated heterocycles. The van der Waals surface area contributed by atoms with Gasteiger partial charge in [-0.15, -0.1) is 11.8 Å². The highest BCUT2D eigenvalue weighted by Gasteiger charge is 2.25. The second kappa shape index (κ2) is 10.9. The quantitative estimate of drug-likeness (QED) is 0.680. The van der Waals surface area contributed by atoms with Crippen LogP contribution in [-0.2, 0) is 21.9 Å². The number of rotatable bonds is 9. The van der Waals surface area contributed by atoms with Crippen LogP contribution in [0.3, 0.4) is 0 Å². The number of hydrogen-bond acceptors (Lipinski definition) is 4. The Hall–Kier alpha value is -2.47. The molecule has 0 bridgehead atoms. The van der Waals surface area contributed by atoms with Gasteiger partial charge in [-0.05, 0) is 44.0 Å². The molecule has 0 unspecified atom stereocenters. The molecule has 156 valence electrons. The molecule has 0 aromatic heterocycles. The minimum absolute atomic E-state index is 0.0571. The molecule has 2 amide bonds. The van der Waals surface area contributed by atoms with E-state index < -0.39 is 6.04 Å². The molecule has 0 aliphatic heterocycles. The molecule has 0 aliphatic carbocycles. The molecule has 0 fully saturated rings. The molecule has 0 spiro atoms. The zero-order valence-electron chi connectivity index (χ0n) is 17.8. The van der Waals surface area contributed by atoms with Gasteiger partial charge in [0.2, 0.25) is 11.8 Å². The van der Waals surface area contributed by atoms with Gasteiger partial charge in [0.15, 0.2) is 0 Å². The van der Waals surface area contributed by atoms with Crippen LogP contribution in [-0.4, -0.2) is 42.7 Å². The van der Waals surface area contributed by atoms with Gasteiger partial charge in [-0.1, -0.05) is 41.5 Å². The van der Waals surface area contributed by atoms with Crippen LogP contribution in [0.4, 0.5) is 0 Å². The van der Waals surface area contributed by atoms with Crippen molar-refractivity contribution in [2.75, 3.05) is 19.9 Å². The SMILES string of the molecule is CNC(=O)[C@H](C)N(Cc1cccc(OC)c1)C(=O)CSCc1cc(C)cc(C)c1. The van der Waals surface area contributed by atoms with E-state index >= 15 is 0 Å². The zero-order chi connectivity index (χ0) is 21.4. The van der Waals surface area contributed by atoms with E-state index in [-0.39, 0.29) is 11.8 Å². The van der Waals surface area contributed by atoms with Crippen LogP contribution in [0.1, 0.15) is 29.2 Å². The van der Waals surface area contributed by atoms with Crippen molar-refractivity contribution < 1.29 is 14.3 Å².